The number of anilines is 2. The van der Waals surface area contributed by atoms with Crippen molar-refractivity contribution in [1.29, 1.82) is 0 Å². The van der Waals surface area contributed by atoms with Crippen LogP contribution in [-0.2, 0) is 9.84 Å². The van der Waals surface area contributed by atoms with E-state index in [0.717, 1.165) is 3.57 Å². The Balaban J connectivity index is 2.44. The van der Waals surface area contributed by atoms with Crippen LogP contribution in [0.5, 0.6) is 0 Å². The molecule has 0 spiro atoms. The highest BCUT2D eigenvalue weighted by Crippen LogP contribution is 2.27. The lowest BCUT2D eigenvalue weighted by Crippen LogP contribution is -2.15. The van der Waals surface area contributed by atoms with Gasteiger partial charge in [-0.1, -0.05) is 23.7 Å². The van der Waals surface area contributed by atoms with Crippen LogP contribution in [0.15, 0.2) is 35.4 Å². The van der Waals surface area contributed by atoms with Crippen molar-refractivity contribution in [3.8, 4) is 0 Å². The Labute approximate surface area is 142 Å². The Morgan fingerprint density at radius 1 is 1.29 bits per heavy atom. The van der Waals surface area contributed by atoms with Gasteiger partial charge in [0, 0.05) is 6.20 Å². The van der Waals surface area contributed by atoms with Gasteiger partial charge in [0.05, 0.1) is 19.4 Å². The van der Waals surface area contributed by atoms with Gasteiger partial charge in [-0.2, -0.15) is 4.98 Å². The van der Waals surface area contributed by atoms with Crippen LogP contribution >= 0.6 is 34.2 Å². The number of para-hydroxylation sites is 1. The molecule has 0 saturated heterocycles. The van der Waals surface area contributed by atoms with E-state index in [2.05, 4.69) is 15.3 Å². The van der Waals surface area contributed by atoms with Gasteiger partial charge in [-0.3, -0.25) is 0 Å². The minimum atomic E-state index is -3.40. The van der Waals surface area contributed by atoms with Crippen LogP contribution in [-0.4, -0.2) is 23.6 Å². The Kier molecular flexibility index (Phi) is 5.05. The van der Waals surface area contributed by atoms with E-state index in [-0.39, 0.29) is 10.8 Å². The van der Waals surface area contributed by atoms with E-state index in [0.29, 0.717) is 10.8 Å². The molecule has 5 nitrogen and oxygen atoms in total. The van der Waals surface area contributed by atoms with Crippen molar-refractivity contribution in [1.82, 2.24) is 9.97 Å². The third-order valence-electron chi connectivity index (χ3n) is 2.76. The third kappa shape index (κ3) is 3.64. The summed E-state index contributed by atoms with van der Waals surface area (Å²) >= 11 is 7.96. The molecule has 0 aliphatic rings. The first-order chi connectivity index (χ1) is 9.82. The van der Waals surface area contributed by atoms with E-state index in [4.69, 9.17) is 11.6 Å². The van der Waals surface area contributed by atoms with Gasteiger partial charge in [0.15, 0.2) is 9.84 Å². The second-order valence-electron chi connectivity index (χ2n) is 4.55. The molecule has 1 N–H and O–H groups in total. The predicted molar refractivity (Wildman–Crippen MR) is 91.8 cm³/mol. The molecule has 8 heteroatoms. The average Bonchev–Trinajstić information content (AvgIpc) is 2.43. The van der Waals surface area contributed by atoms with Crippen LogP contribution in [0, 0.1) is 3.57 Å². The minimum absolute atomic E-state index is 0.221. The Bertz CT molecular complexity index is 766. The van der Waals surface area contributed by atoms with E-state index < -0.39 is 15.1 Å². The lowest BCUT2D eigenvalue weighted by atomic mass is 10.3. The first kappa shape index (κ1) is 16.4. The second kappa shape index (κ2) is 6.45. The van der Waals surface area contributed by atoms with Gasteiger partial charge in [-0.15, -0.1) is 0 Å². The molecule has 0 radical (unpaired) electrons. The molecule has 0 unspecified atom stereocenters. The summed E-state index contributed by atoms with van der Waals surface area (Å²) in [7, 11) is -3.40. The highest BCUT2D eigenvalue weighted by molar-refractivity contribution is 14.1. The fourth-order valence-corrected chi connectivity index (χ4v) is 3.19. The molecule has 0 saturated carbocycles. The Hall–Kier alpha value is -0.930. The van der Waals surface area contributed by atoms with E-state index in [1.165, 1.54) is 0 Å². The van der Waals surface area contributed by atoms with Crippen LogP contribution < -0.4 is 5.32 Å². The third-order valence-corrected chi connectivity index (χ3v) is 6.37. The number of hydrogen-bond acceptors (Lipinski definition) is 5. The van der Waals surface area contributed by atoms with Crippen LogP contribution in [0.25, 0.3) is 0 Å². The minimum Gasteiger partial charge on any atom is -0.323 e. The monoisotopic (exact) mass is 437 g/mol. The lowest BCUT2D eigenvalue weighted by molar-refractivity contribution is 0.588. The predicted octanol–water partition coefficient (Wildman–Crippen LogP) is 3.66. The summed E-state index contributed by atoms with van der Waals surface area (Å²) < 4.78 is 25.4. The quantitative estimate of drug-likeness (QED) is 0.584. The molecule has 21 heavy (non-hydrogen) atoms. The molecule has 2 aromatic rings. The van der Waals surface area contributed by atoms with Crippen LogP contribution in [0.1, 0.15) is 13.8 Å². The fourth-order valence-electron chi connectivity index (χ4n) is 1.60. The molecular weight excluding hydrogens is 425 g/mol. The number of aromatic nitrogens is 2. The van der Waals surface area contributed by atoms with Gasteiger partial charge in [-0.25, -0.2) is 13.4 Å². The SMILES string of the molecule is CC(C)S(=O)(=O)c1ccccc1Nc1ncc(I)c(Cl)n1. The summed E-state index contributed by atoms with van der Waals surface area (Å²) in [6, 6.07) is 6.66. The maximum atomic E-state index is 12.4. The van der Waals surface area contributed by atoms with Crippen LogP contribution in [0.4, 0.5) is 11.6 Å². The van der Waals surface area contributed by atoms with E-state index in [1.807, 2.05) is 22.6 Å². The topological polar surface area (TPSA) is 72.0 Å². The van der Waals surface area contributed by atoms with Crippen molar-refractivity contribution < 1.29 is 8.42 Å². The van der Waals surface area contributed by atoms with Gasteiger partial charge >= 0.3 is 0 Å². The normalized spacial score (nSPS) is 11.7. The summed E-state index contributed by atoms with van der Waals surface area (Å²) in [6.07, 6.45) is 1.57. The summed E-state index contributed by atoms with van der Waals surface area (Å²) in [5.74, 6) is 0.256. The molecule has 0 fully saturated rings. The zero-order chi connectivity index (χ0) is 15.6. The average molecular weight is 438 g/mol. The summed E-state index contributed by atoms with van der Waals surface area (Å²) in [4.78, 5) is 8.39. The van der Waals surface area contributed by atoms with Crippen LogP contribution in [0.3, 0.4) is 0 Å². The van der Waals surface area contributed by atoms with Gasteiger partial charge in [0.1, 0.15) is 5.15 Å². The summed E-state index contributed by atoms with van der Waals surface area (Å²) in [5, 5.41) is 2.72. The second-order valence-corrected chi connectivity index (χ2v) is 8.54. The van der Waals surface area contributed by atoms with Gasteiger partial charge < -0.3 is 5.32 Å². The van der Waals surface area contributed by atoms with E-state index >= 15 is 0 Å². The number of nitrogens with one attached hydrogen (secondary N) is 1. The van der Waals surface area contributed by atoms with Gasteiger partial charge in [0.25, 0.3) is 0 Å². The Morgan fingerprint density at radius 3 is 2.57 bits per heavy atom. The highest BCUT2D eigenvalue weighted by Gasteiger charge is 2.22. The molecule has 1 aromatic heterocycles. The van der Waals surface area contributed by atoms with Gasteiger partial charge in [0.2, 0.25) is 5.95 Å². The number of sulfone groups is 1. The molecule has 0 amide bonds. The standard InChI is InChI=1S/C13H13ClIN3O2S/c1-8(2)21(19,20)11-6-4-3-5-10(11)17-13-16-7-9(15)12(14)18-13/h3-8H,1-2H3,(H,16,17,18). The number of nitrogens with zero attached hydrogens (tertiary/aromatic N) is 2. The number of halogens is 2. The molecule has 1 aromatic carbocycles. The number of benzene rings is 1. The number of hydrogen-bond donors (Lipinski definition) is 1. The summed E-state index contributed by atoms with van der Waals surface area (Å²) in [5.41, 5.74) is 0.434. The molecular formula is C13H13ClIN3O2S. The van der Waals surface area contributed by atoms with Crippen molar-refractivity contribution in [2.75, 3.05) is 5.32 Å². The largest absolute Gasteiger partial charge is 0.323 e. The molecule has 0 aliphatic heterocycles. The van der Waals surface area contributed by atoms with Crippen LogP contribution in [0.2, 0.25) is 5.15 Å². The molecule has 0 aliphatic carbocycles. The molecule has 1 heterocycles. The van der Waals surface area contributed by atoms with Crippen molar-refractivity contribution in [2.24, 2.45) is 0 Å². The maximum Gasteiger partial charge on any atom is 0.228 e. The highest BCUT2D eigenvalue weighted by atomic mass is 127. The first-order valence-electron chi connectivity index (χ1n) is 6.10. The Morgan fingerprint density at radius 2 is 1.95 bits per heavy atom. The smallest absolute Gasteiger partial charge is 0.228 e. The zero-order valence-corrected chi connectivity index (χ0v) is 15.1. The molecule has 2 rings (SSSR count). The molecule has 0 bridgehead atoms. The first-order valence-corrected chi connectivity index (χ1v) is 9.10. The van der Waals surface area contributed by atoms with Crippen molar-refractivity contribution in [2.45, 2.75) is 24.0 Å². The van der Waals surface area contributed by atoms with Crippen molar-refractivity contribution in [3.05, 3.63) is 39.2 Å². The molecule has 0 atom stereocenters. The maximum absolute atomic E-state index is 12.4. The van der Waals surface area contributed by atoms with E-state index in [1.54, 1.807) is 44.3 Å². The summed E-state index contributed by atoms with van der Waals surface area (Å²) in [6.45, 7) is 3.29. The van der Waals surface area contributed by atoms with E-state index in [9.17, 15) is 8.42 Å². The van der Waals surface area contributed by atoms with Crippen molar-refractivity contribution >= 4 is 55.7 Å². The molecule has 112 valence electrons. The zero-order valence-electron chi connectivity index (χ0n) is 11.3. The number of rotatable bonds is 4. The van der Waals surface area contributed by atoms with Gasteiger partial charge in [-0.05, 0) is 48.6 Å². The fraction of sp³-hybridized carbons (Fsp3) is 0.231. The lowest BCUT2D eigenvalue weighted by Gasteiger charge is -2.13. The van der Waals surface area contributed by atoms with Crippen molar-refractivity contribution in [3.63, 3.8) is 0 Å².